The second-order valence-electron chi connectivity index (χ2n) is 6.64. The van der Waals surface area contributed by atoms with Gasteiger partial charge < -0.3 is 10.1 Å². The molecule has 0 fully saturated rings. The first kappa shape index (κ1) is 20.8. The maximum Gasteiger partial charge on any atom is 0.230 e. The molecule has 1 amide bonds. The predicted molar refractivity (Wildman–Crippen MR) is 114 cm³/mol. The molecule has 0 spiro atoms. The van der Waals surface area contributed by atoms with E-state index in [9.17, 15) is 4.79 Å². The zero-order valence-corrected chi connectivity index (χ0v) is 17.9. The molecular formula is C21H26BrNO2S. The lowest BCUT2D eigenvalue weighted by Crippen LogP contribution is -2.30. The summed E-state index contributed by atoms with van der Waals surface area (Å²) < 4.78 is 6.29. The first-order valence-corrected chi connectivity index (χ1v) is 10.7. The Bertz CT molecular complexity index is 686. The molecule has 0 aromatic heterocycles. The number of amides is 1. The Morgan fingerprint density at radius 1 is 1.12 bits per heavy atom. The van der Waals surface area contributed by atoms with E-state index in [2.05, 4.69) is 47.2 Å². The van der Waals surface area contributed by atoms with Gasteiger partial charge >= 0.3 is 0 Å². The molecule has 5 heteroatoms. The summed E-state index contributed by atoms with van der Waals surface area (Å²) in [6, 6.07) is 16.2. The Labute approximate surface area is 169 Å². The smallest absolute Gasteiger partial charge is 0.230 e. The second-order valence-corrected chi connectivity index (χ2v) is 8.54. The first-order valence-electron chi connectivity index (χ1n) is 8.73. The van der Waals surface area contributed by atoms with E-state index >= 15 is 0 Å². The number of thioether (sulfide) groups is 1. The van der Waals surface area contributed by atoms with Gasteiger partial charge in [0.2, 0.25) is 5.91 Å². The molecule has 2 rings (SSSR count). The number of carbonyl (C=O) groups excluding carboxylic acids is 1. The van der Waals surface area contributed by atoms with E-state index in [0.717, 1.165) is 28.0 Å². The normalized spacial score (nSPS) is 12.0. The van der Waals surface area contributed by atoms with E-state index in [1.807, 2.05) is 36.4 Å². The zero-order chi connectivity index (χ0) is 18.9. The van der Waals surface area contributed by atoms with Gasteiger partial charge in [-0.15, -0.1) is 11.8 Å². The van der Waals surface area contributed by atoms with Crippen LogP contribution in [0.5, 0.6) is 5.75 Å². The number of carbonyl (C=O) groups is 1. The van der Waals surface area contributed by atoms with Gasteiger partial charge in [0.25, 0.3) is 0 Å². The average Bonchev–Trinajstić information content (AvgIpc) is 2.62. The molecule has 1 N–H and O–H groups in total. The highest BCUT2D eigenvalue weighted by Crippen LogP contribution is 2.24. The van der Waals surface area contributed by atoms with Gasteiger partial charge in [-0.05, 0) is 47.7 Å². The number of methoxy groups -OCH3 is 1. The fourth-order valence-electron chi connectivity index (χ4n) is 2.66. The van der Waals surface area contributed by atoms with Crippen LogP contribution in [0.1, 0.15) is 37.4 Å². The number of halogens is 1. The van der Waals surface area contributed by atoms with Crippen molar-refractivity contribution in [1.29, 1.82) is 0 Å². The van der Waals surface area contributed by atoms with Crippen molar-refractivity contribution >= 4 is 33.6 Å². The zero-order valence-electron chi connectivity index (χ0n) is 15.5. The molecule has 0 saturated heterocycles. The van der Waals surface area contributed by atoms with E-state index in [4.69, 9.17) is 4.74 Å². The van der Waals surface area contributed by atoms with Crippen LogP contribution in [-0.2, 0) is 10.5 Å². The Balaban J connectivity index is 1.89. The number of benzene rings is 2. The van der Waals surface area contributed by atoms with E-state index in [1.165, 1.54) is 5.56 Å². The Hall–Kier alpha value is -1.46. The van der Waals surface area contributed by atoms with Crippen LogP contribution in [-0.4, -0.2) is 18.8 Å². The van der Waals surface area contributed by atoms with E-state index < -0.39 is 0 Å². The number of hydrogen-bond acceptors (Lipinski definition) is 3. The predicted octanol–water partition coefficient (Wildman–Crippen LogP) is 5.59. The minimum absolute atomic E-state index is 0.0293. The minimum Gasteiger partial charge on any atom is -0.497 e. The topological polar surface area (TPSA) is 38.3 Å². The van der Waals surface area contributed by atoms with Gasteiger partial charge in [0, 0.05) is 10.2 Å². The fraction of sp³-hybridized carbons (Fsp3) is 0.381. The molecule has 0 unspecified atom stereocenters. The first-order chi connectivity index (χ1) is 12.5. The highest BCUT2D eigenvalue weighted by atomic mass is 79.9. The lowest BCUT2D eigenvalue weighted by Gasteiger charge is -2.21. The highest BCUT2D eigenvalue weighted by molar-refractivity contribution is 9.10. The maximum atomic E-state index is 12.4. The third-order valence-corrected chi connectivity index (χ3v) is 5.51. The molecule has 0 aliphatic heterocycles. The van der Waals surface area contributed by atoms with Crippen molar-refractivity contribution in [1.82, 2.24) is 5.32 Å². The summed E-state index contributed by atoms with van der Waals surface area (Å²) in [6.07, 6.45) is 0.912. The van der Waals surface area contributed by atoms with Gasteiger partial charge in [-0.25, -0.2) is 0 Å². The van der Waals surface area contributed by atoms with E-state index in [1.54, 1.807) is 18.9 Å². The molecule has 0 bridgehead atoms. The summed E-state index contributed by atoms with van der Waals surface area (Å²) in [7, 11) is 1.66. The van der Waals surface area contributed by atoms with Crippen molar-refractivity contribution in [2.45, 2.75) is 32.1 Å². The Morgan fingerprint density at radius 3 is 2.35 bits per heavy atom. The van der Waals surface area contributed by atoms with Crippen molar-refractivity contribution in [2.75, 3.05) is 12.9 Å². The SMILES string of the molecule is COc1ccc([C@H](CC(C)C)NC(=O)CSCc2ccc(Br)cc2)cc1. The van der Waals surface area contributed by atoms with Gasteiger partial charge in [-0.1, -0.05) is 54.0 Å². The summed E-state index contributed by atoms with van der Waals surface area (Å²) >= 11 is 5.07. The summed E-state index contributed by atoms with van der Waals surface area (Å²) in [5.74, 6) is 2.69. The van der Waals surface area contributed by atoms with Crippen LogP contribution in [0, 0.1) is 5.92 Å². The Morgan fingerprint density at radius 2 is 1.77 bits per heavy atom. The number of rotatable bonds is 9. The van der Waals surface area contributed by atoms with Crippen LogP contribution in [0.2, 0.25) is 0 Å². The maximum absolute atomic E-state index is 12.4. The van der Waals surface area contributed by atoms with Crippen LogP contribution in [0.25, 0.3) is 0 Å². The van der Waals surface area contributed by atoms with Crippen LogP contribution in [0.15, 0.2) is 53.0 Å². The molecule has 1 atom stereocenters. The number of hydrogen-bond donors (Lipinski definition) is 1. The van der Waals surface area contributed by atoms with Crippen molar-refractivity contribution in [3.05, 3.63) is 64.1 Å². The van der Waals surface area contributed by atoms with E-state index in [-0.39, 0.29) is 11.9 Å². The van der Waals surface area contributed by atoms with Crippen LogP contribution < -0.4 is 10.1 Å². The Kier molecular flexibility index (Phi) is 8.52. The molecule has 3 nitrogen and oxygen atoms in total. The molecule has 0 radical (unpaired) electrons. The highest BCUT2D eigenvalue weighted by Gasteiger charge is 2.16. The monoisotopic (exact) mass is 435 g/mol. The summed E-state index contributed by atoms with van der Waals surface area (Å²) in [5.41, 5.74) is 2.34. The average molecular weight is 436 g/mol. The van der Waals surface area contributed by atoms with Gasteiger partial charge in [0.15, 0.2) is 0 Å². The largest absolute Gasteiger partial charge is 0.497 e. The third-order valence-electron chi connectivity index (χ3n) is 3.98. The fourth-order valence-corrected chi connectivity index (χ4v) is 3.73. The quantitative estimate of drug-likeness (QED) is 0.557. The van der Waals surface area contributed by atoms with Gasteiger partial charge in [-0.3, -0.25) is 4.79 Å². The molecule has 0 heterocycles. The van der Waals surface area contributed by atoms with Gasteiger partial charge in [0.1, 0.15) is 5.75 Å². The summed E-state index contributed by atoms with van der Waals surface area (Å²) in [6.45, 7) is 4.34. The lowest BCUT2D eigenvalue weighted by atomic mass is 9.97. The van der Waals surface area contributed by atoms with E-state index in [0.29, 0.717) is 11.7 Å². The number of ether oxygens (including phenoxy) is 1. The van der Waals surface area contributed by atoms with Crippen molar-refractivity contribution in [3.8, 4) is 5.75 Å². The molecule has 0 saturated carbocycles. The van der Waals surface area contributed by atoms with Crippen LogP contribution >= 0.6 is 27.7 Å². The standard InChI is InChI=1S/C21H26BrNO2S/c1-15(2)12-20(17-6-10-19(25-3)11-7-17)23-21(24)14-26-13-16-4-8-18(22)9-5-16/h4-11,15,20H,12-14H2,1-3H3,(H,23,24)/t20-/m0/s1. The third kappa shape index (κ3) is 7.04. The molecule has 2 aromatic carbocycles. The van der Waals surface area contributed by atoms with Crippen molar-refractivity contribution in [3.63, 3.8) is 0 Å². The molecule has 140 valence electrons. The molecule has 2 aromatic rings. The minimum atomic E-state index is 0.0293. The lowest BCUT2D eigenvalue weighted by molar-refractivity contribution is -0.119. The molecule has 26 heavy (non-hydrogen) atoms. The summed E-state index contributed by atoms with van der Waals surface area (Å²) in [5, 5.41) is 3.19. The van der Waals surface area contributed by atoms with Crippen molar-refractivity contribution in [2.24, 2.45) is 5.92 Å². The second kappa shape index (κ2) is 10.6. The summed E-state index contributed by atoms with van der Waals surface area (Å²) in [4.78, 5) is 12.4. The molecular weight excluding hydrogens is 410 g/mol. The van der Waals surface area contributed by atoms with Gasteiger partial charge in [-0.2, -0.15) is 0 Å². The van der Waals surface area contributed by atoms with Crippen LogP contribution in [0.3, 0.4) is 0 Å². The molecule has 0 aliphatic rings. The number of nitrogens with one attached hydrogen (secondary N) is 1. The molecule has 0 aliphatic carbocycles. The van der Waals surface area contributed by atoms with Gasteiger partial charge in [0.05, 0.1) is 18.9 Å². The van der Waals surface area contributed by atoms with Crippen molar-refractivity contribution < 1.29 is 9.53 Å². The van der Waals surface area contributed by atoms with Crippen LogP contribution in [0.4, 0.5) is 0 Å².